The molecule has 1 atom stereocenters. The number of allylic oxidation sites excluding steroid dienone is 10. The number of hydrogen-bond acceptors (Lipinski definition) is 5. The van der Waals surface area contributed by atoms with Crippen LogP contribution in [0, 0.1) is 0 Å². The lowest BCUT2D eigenvalue weighted by atomic mass is 10.0. The zero-order valence-corrected chi connectivity index (χ0v) is 42.5. The number of esters is 2. The maximum Gasteiger partial charge on any atom is 0.306 e. The molecular formula is C59H106O5. The Bertz CT molecular complexity index is 1100. The molecule has 0 spiro atoms. The van der Waals surface area contributed by atoms with Crippen LogP contribution < -0.4 is 0 Å². The summed E-state index contributed by atoms with van der Waals surface area (Å²) >= 11 is 0. The fourth-order valence-electron chi connectivity index (χ4n) is 8.13. The van der Waals surface area contributed by atoms with Gasteiger partial charge in [-0.2, -0.15) is 0 Å². The zero-order valence-electron chi connectivity index (χ0n) is 42.5. The van der Waals surface area contributed by atoms with Crippen LogP contribution >= 0.6 is 0 Å². The first-order valence-corrected chi connectivity index (χ1v) is 27.8. The molecule has 0 amide bonds. The number of carbonyl (C=O) groups is 2. The summed E-state index contributed by atoms with van der Waals surface area (Å²) in [5.74, 6) is -0.598. The highest BCUT2D eigenvalue weighted by Gasteiger charge is 2.16. The van der Waals surface area contributed by atoms with Gasteiger partial charge in [-0.1, -0.05) is 254 Å². The predicted octanol–water partition coefficient (Wildman–Crippen LogP) is 18.6. The van der Waals surface area contributed by atoms with Crippen molar-refractivity contribution in [3.05, 3.63) is 60.8 Å². The van der Waals surface area contributed by atoms with Crippen molar-refractivity contribution >= 4 is 11.9 Å². The van der Waals surface area contributed by atoms with Crippen molar-refractivity contribution in [3.8, 4) is 0 Å². The largest absolute Gasteiger partial charge is 0.462 e. The first kappa shape index (κ1) is 61.6. The van der Waals surface area contributed by atoms with Gasteiger partial charge in [0.15, 0.2) is 6.10 Å². The Morgan fingerprint density at radius 2 is 0.672 bits per heavy atom. The Balaban J connectivity index is 3.45. The average molecular weight is 895 g/mol. The van der Waals surface area contributed by atoms with Gasteiger partial charge >= 0.3 is 11.9 Å². The van der Waals surface area contributed by atoms with E-state index in [2.05, 4.69) is 74.6 Å². The van der Waals surface area contributed by atoms with Gasteiger partial charge in [-0.25, -0.2) is 0 Å². The van der Waals surface area contributed by atoms with Crippen LogP contribution in [0.25, 0.3) is 0 Å². The highest BCUT2D eigenvalue weighted by molar-refractivity contribution is 5.70. The summed E-state index contributed by atoms with van der Waals surface area (Å²) in [6.07, 6.45) is 73.4. The number of carbonyl (C=O) groups excluding carboxylic acids is 2. The molecule has 5 heteroatoms. The Kier molecular flexibility index (Phi) is 52.9. The number of aliphatic hydroxyl groups excluding tert-OH is 1. The smallest absolute Gasteiger partial charge is 0.306 e. The molecule has 372 valence electrons. The molecule has 5 nitrogen and oxygen atoms in total. The highest BCUT2D eigenvalue weighted by Crippen LogP contribution is 2.16. The van der Waals surface area contributed by atoms with Crippen LogP contribution in [0.1, 0.15) is 284 Å². The molecule has 0 aromatic rings. The van der Waals surface area contributed by atoms with E-state index in [9.17, 15) is 14.7 Å². The summed E-state index contributed by atoms with van der Waals surface area (Å²) in [5.41, 5.74) is 0. The van der Waals surface area contributed by atoms with Crippen LogP contribution in [0.5, 0.6) is 0 Å². The maximum atomic E-state index is 12.3. The van der Waals surface area contributed by atoms with Gasteiger partial charge in [0, 0.05) is 12.8 Å². The Labute approximate surface area is 398 Å². The second-order valence-electron chi connectivity index (χ2n) is 18.6. The van der Waals surface area contributed by atoms with Crippen LogP contribution in [0.15, 0.2) is 60.8 Å². The molecular weight excluding hydrogens is 789 g/mol. The SMILES string of the molecule is CC/C=C\C/C=C\C/C=C\C/C=C\CCCCCCCCC(=O)OC(CO)COC(=O)CCCCCCCCCCCCCCCCCCCCC/C=C\CCCCCCCCCC. The lowest BCUT2D eigenvalue weighted by molar-refractivity contribution is -0.161. The van der Waals surface area contributed by atoms with E-state index in [0.717, 1.165) is 70.6 Å². The number of ether oxygens (including phenoxy) is 2. The molecule has 0 aromatic heterocycles. The number of unbranched alkanes of at least 4 members (excludes halogenated alkanes) is 33. The average Bonchev–Trinajstić information content (AvgIpc) is 3.30. The number of rotatable bonds is 51. The molecule has 64 heavy (non-hydrogen) atoms. The lowest BCUT2D eigenvalue weighted by Crippen LogP contribution is -2.28. The first-order chi connectivity index (χ1) is 31.6. The molecule has 0 aliphatic heterocycles. The van der Waals surface area contributed by atoms with E-state index < -0.39 is 6.10 Å². The minimum atomic E-state index is -0.781. The maximum absolute atomic E-state index is 12.3. The molecule has 0 aromatic carbocycles. The number of aliphatic hydroxyl groups is 1. The van der Waals surface area contributed by atoms with E-state index in [0.29, 0.717) is 12.8 Å². The minimum Gasteiger partial charge on any atom is -0.462 e. The fourth-order valence-corrected chi connectivity index (χ4v) is 8.13. The van der Waals surface area contributed by atoms with E-state index >= 15 is 0 Å². The number of hydrogen-bond donors (Lipinski definition) is 1. The summed E-state index contributed by atoms with van der Waals surface area (Å²) in [6, 6.07) is 0. The molecule has 0 saturated carbocycles. The van der Waals surface area contributed by atoms with Gasteiger partial charge < -0.3 is 14.6 Å². The first-order valence-electron chi connectivity index (χ1n) is 27.8. The summed E-state index contributed by atoms with van der Waals surface area (Å²) in [6.45, 7) is 4.04. The predicted molar refractivity (Wildman–Crippen MR) is 279 cm³/mol. The molecule has 0 aliphatic carbocycles. The molecule has 0 fully saturated rings. The van der Waals surface area contributed by atoms with Crippen LogP contribution in [0.4, 0.5) is 0 Å². The second-order valence-corrected chi connectivity index (χ2v) is 18.6. The highest BCUT2D eigenvalue weighted by atomic mass is 16.6. The van der Waals surface area contributed by atoms with Crippen LogP contribution in [0.2, 0.25) is 0 Å². The van der Waals surface area contributed by atoms with E-state index in [4.69, 9.17) is 9.47 Å². The summed E-state index contributed by atoms with van der Waals surface area (Å²) in [7, 11) is 0. The third kappa shape index (κ3) is 52.2. The Morgan fingerprint density at radius 3 is 1.03 bits per heavy atom. The third-order valence-corrected chi connectivity index (χ3v) is 12.3. The summed E-state index contributed by atoms with van der Waals surface area (Å²) < 4.78 is 10.7. The van der Waals surface area contributed by atoms with Crippen molar-refractivity contribution < 1.29 is 24.2 Å². The molecule has 0 bridgehead atoms. The van der Waals surface area contributed by atoms with Crippen molar-refractivity contribution in [1.29, 1.82) is 0 Å². The molecule has 1 unspecified atom stereocenters. The van der Waals surface area contributed by atoms with Gasteiger partial charge in [0.2, 0.25) is 0 Å². The molecule has 0 radical (unpaired) electrons. The van der Waals surface area contributed by atoms with Crippen LogP contribution in [-0.4, -0.2) is 36.4 Å². The molecule has 0 rings (SSSR count). The fraction of sp³-hybridized carbons (Fsp3) is 0.797. The van der Waals surface area contributed by atoms with Crippen molar-refractivity contribution in [3.63, 3.8) is 0 Å². The monoisotopic (exact) mass is 895 g/mol. The van der Waals surface area contributed by atoms with Gasteiger partial charge in [-0.05, 0) is 77.0 Å². The van der Waals surface area contributed by atoms with Gasteiger partial charge in [0.05, 0.1) is 6.61 Å². The second kappa shape index (κ2) is 54.9. The minimum absolute atomic E-state index is 0.0710. The summed E-state index contributed by atoms with van der Waals surface area (Å²) in [5, 5.41) is 9.64. The van der Waals surface area contributed by atoms with Crippen molar-refractivity contribution in [2.45, 2.75) is 290 Å². The van der Waals surface area contributed by atoms with Gasteiger partial charge in [0.1, 0.15) is 6.61 Å². The standard InChI is InChI=1S/C59H106O5/c1-3-5-7-9-11-13-15-17-19-21-23-24-25-26-27-28-29-30-31-32-33-34-36-37-39-41-43-45-47-49-51-53-58(61)63-56-57(55-60)64-59(62)54-52-50-48-46-44-42-40-38-35-22-20-18-16-14-12-10-8-6-4-2/h6,8,12,14,18,20-21,23,35,38,57,60H,3-5,7,9-11,13,15-17,19,22,24-34,36-37,39-56H2,1-2H3/b8-6-,14-12-,20-18-,23-21-,38-35-. The zero-order chi connectivity index (χ0) is 46.3. The van der Waals surface area contributed by atoms with Gasteiger partial charge in [-0.3, -0.25) is 9.59 Å². The van der Waals surface area contributed by atoms with Crippen molar-refractivity contribution in [2.24, 2.45) is 0 Å². The topological polar surface area (TPSA) is 72.8 Å². The van der Waals surface area contributed by atoms with E-state index in [1.54, 1.807) is 0 Å². The van der Waals surface area contributed by atoms with Crippen LogP contribution in [0.3, 0.4) is 0 Å². The van der Waals surface area contributed by atoms with E-state index in [1.807, 2.05) is 0 Å². The van der Waals surface area contributed by atoms with Crippen LogP contribution in [-0.2, 0) is 19.1 Å². The van der Waals surface area contributed by atoms with Crippen molar-refractivity contribution in [1.82, 2.24) is 0 Å². The third-order valence-electron chi connectivity index (χ3n) is 12.3. The van der Waals surface area contributed by atoms with Gasteiger partial charge in [0.25, 0.3) is 0 Å². The molecule has 0 aliphatic rings. The summed E-state index contributed by atoms with van der Waals surface area (Å²) in [4.78, 5) is 24.5. The molecule has 0 saturated heterocycles. The normalized spacial score (nSPS) is 12.6. The quantitative estimate of drug-likeness (QED) is 0.0374. The van der Waals surface area contributed by atoms with Gasteiger partial charge in [-0.15, -0.1) is 0 Å². The van der Waals surface area contributed by atoms with Crippen molar-refractivity contribution in [2.75, 3.05) is 13.2 Å². The molecule has 0 heterocycles. The Hall–Kier alpha value is -2.40. The van der Waals surface area contributed by atoms with E-state index in [1.165, 1.54) is 186 Å². The Morgan fingerprint density at radius 1 is 0.375 bits per heavy atom. The van der Waals surface area contributed by atoms with E-state index in [-0.39, 0.29) is 25.2 Å². The lowest BCUT2D eigenvalue weighted by Gasteiger charge is -2.15. The molecule has 1 N–H and O–H groups in total.